The molecule has 1 aliphatic carbocycles. The Balaban J connectivity index is 1.50. The molecule has 34 heavy (non-hydrogen) atoms. The Labute approximate surface area is 197 Å². The van der Waals surface area contributed by atoms with E-state index in [0.717, 1.165) is 23.9 Å². The molecule has 0 spiro atoms. The van der Waals surface area contributed by atoms with Crippen LogP contribution in [0.4, 0.5) is 19.0 Å². The lowest BCUT2D eigenvalue weighted by Gasteiger charge is -2.39. The van der Waals surface area contributed by atoms with Crippen LogP contribution in [0, 0.1) is 10.8 Å². The van der Waals surface area contributed by atoms with Gasteiger partial charge in [-0.15, -0.1) is 0 Å². The molecule has 1 amide bonds. The summed E-state index contributed by atoms with van der Waals surface area (Å²) in [7, 11) is 1.52. The summed E-state index contributed by atoms with van der Waals surface area (Å²) in [6.45, 7) is 7.27. The first-order valence-electron chi connectivity index (χ1n) is 11.7. The van der Waals surface area contributed by atoms with Crippen molar-refractivity contribution >= 4 is 11.7 Å². The SMILES string of the molecule is COc1cccc([C@H]2C[C@H](C(F)(F)F)n3ncc(C(=O)N4C[C@@]5(C)C[C@H]4CC(C)(C)C5)c3N2)c1. The van der Waals surface area contributed by atoms with Crippen LogP contribution in [0.5, 0.6) is 5.75 Å². The maximum atomic E-state index is 14.1. The zero-order valence-corrected chi connectivity index (χ0v) is 19.9. The Kier molecular flexibility index (Phi) is 5.19. The average Bonchev–Trinajstić information content (AvgIpc) is 3.28. The minimum Gasteiger partial charge on any atom is -0.497 e. The molecule has 1 aromatic carbocycles. The molecule has 3 heterocycles. The summed E-state index contributed by atoms with van der Waals surface area (Å²) in [6, 6.07) is 4.64. The zero-order chi connectivity index (χ0) is 24.5. The van der Waals surface area contributed by atoms with Gasteiger partial charge in [0.15, 0.2) is 6.04 Å². The monoisotopic (exact) mass is 476 g/mol. The van der Waals surface area contributed by atoms with Gasteiger partial charge in [0.05, 0.1) is 19.3 Å². The standard InChI is InChI=1S/C25H31F3N4O2/c1-23(2)10-16-11-24(3,13-23)14-31(16)22(33)18-12-29-32-20(25(26,27)28)9-19(30-21(18)32)15-6-5-7-17(8-15)34-4/h5-8,12,16,19-20,30H,9-11,13-14H2,1-4H3/t16-,19-,20-,24+/m1/s1. The number of carbonyl (C=O) groups is 1. The van der Waals surface area contributed by atoms with Crippen LogP contribution in [0.3, 0.4) is 0 Å². The molecule has 4 atom stereocenters. The summed E-state index contributed by atoms with van der Waals surface area (Å²) >= 11 is 0. The summed E-state index contributed by atoms with van der Waals surface area (Å²) in [4.78, 5) is 15.6. The second-order valence-corrected chi connectivity index (χ2v) is 11.3. The second kappa shape index (κ2) is 7.65. The lowest BCUT2D eigenvalue weighted by Crippen LogP contribution is -2.39. The third-order valence-electron chi connectivity index (χ3n) is 7.64. The van der Waals surface area contributed by atoms with Gasteiger partial charge in [0.1, 0.15) is 17.1 Å². The van der Waals surface area contributed by atoms with Crippen LogP contribution >= 0.6 is 0 Å². The van der Waals surface area contributed by atoms with Crippen molar-refractivity contribution in [3.63, 3.8) is 0 Å². The molecular formula is C25H31F3N4O2. The Morgan fingerprint density at radius 3 is 2.71 bits per heavy atom. The fourth-order valence-electron chi connectivity index (χ4n) is 6.65. The van der Waals surface area contributed by atoms with Crippen LogP contribution in [0.1, 0.15) is 74.5 Å². The number of halogens is 3. The number of carbonyl (C=O) groups excluding carboxylic acids is 1. The molecule has 2 bridgehead atoms. The highest BCUT2D eigenvalue weighted by Crippen LogP contribution is 2.53. The molecule has 2 aromatic rings. The highest BCUT2D eigenvalue weighted by atomic mass is 19.4. The number of hydrogen-bond donors (Lipinski definition) is 1. The minimum atomic E-state index is -4.50. The van der Waals surface area contributed by atoms with E-state index < -0.39 is 18.3 Å². The molecule has 1 aromatic heterocycles. The number of rotatable bonds is 3. The molecule has 9 heteroatoms. The van der Waals surface area contributed by atoms with E-state index >= 15 is 0 Å². The molecule has 1 saturated carbocycles. The highest BCUT2D eigenvalue weighted by Gasteiger charge is 2.52. The van der Waals surface area contributed by atoms with Crippen molar-refractivity contribution in [2.45, 2.75) is 70.8 Å². The number of anilines is 1. The van der Waals surface area contributed by atoms with Gasteiger partial charge in [-0.1, -0.05) is 32.9 Å². The molecule has 184 valence electrons. The summed E-state index contributed by atoms with van der Waals surface area (Å²) in [5.41, 5.74) is 1.03. The molecule has 0 unspecified atom stereocenters. The molecule has 5 rings (SSSR count). The Bertz CT molecular complexity index is 1110. The number of fused-ring (bicyclic) bond motifs is 3. The summed E-state index contributed by atoms with van der Waals surface area (Å²) < 4.78 is 48.4. The van der Waals surface area contributed by atoms with Gasteiger partial charge in [-0.2, -0.15) is 18.3 Å². The number of nitrogens with one attached hydrogen (secondary N) is 1. The predicted octanol–water partition coefficient (Wildman–Crippen LogP) is 5.59. The van der Waals surface area contributed by atoms with E-state index in [2.05, 4.69) is 31.2 Å². The second-order valence-electron chi connectivity index (χ2n) is 11.3. The number of amides is 1. The summed E-state index contributed by atoms with van der Waals surface area (Å²) in [5.74, 6) is 0.461. The van der Waals surface area contributed by atoms with Gasteiger partial charge in [-0.05, 0) is 47.8 Å². The maximum Gasteiger partial charge on any atom is 0.410 e. The Morgan fingerprint density at radius 2 is 2.00 bits per heavy atom. The molecule has 2 aliphatic heterocycles. The van der Waals surface area contributed by atoms with Crippen LogP contribution in [0.25, 0.3) is 0 Å². The van der Waals surface area contributed by atoms with E-state index in [9.17, 15) is 18.0 Å². The van der Waals surface area contributed by atoms with Gasteiger partial charge in [0, 0.05) is 19.0 Å². The number of methoxy groups -OCH3 is 1. The van der Waals surface area contributed by atoms with Crippen LogP contribution in [0.15, 0.2) is 30.5 Å². The van der Waals surface area contributed by atoms with Crippen LogP contribution < -0.4 is 10.1 Å². The topological polar surface area (TPSA) is 59.4 Å². The van der Waals surface area contributed by atoms with Gasteiger partial charge in [-0.3, -0.25) is 4.79 Å². The molecule has 1 saturated heterocycles. The third-order valence-corrected chi connectivity index (χ3v) is 7.64. The molecule has 3 aliphatic rings. The van der Waals surface area contributed by atoms with Crippen LogP contribution in [-0.4, -0.2) is 46.5 Å². The van der Waals surface area contributed by atoms with E-state index in [4.69, 9.17) is 4.74 Å². The van der Waals surface area contributed by atoms with Crippen molar-refractivity contribution in [2.24, 2.45) is 10.8 Å². The first kappa shape index (κ1) is 23.1. The number of alkyl halides is 3. The Morgan fingerprint density at radius 1 is 1.24 bits per heavy atom. The van der Waals surface area contributed by atoms with Crippen molar-refractivity contribution in [1.29, 1.82) is 0 Å². The Hall–Kier alpha value is -2.71. The predicted molar refractivity (Wildman–Crippen MR) is 122 cm³/mol. The molecule has 0 radical (unpaired) electrons. The van der Waals surface area contributed by atoms with Crippen molar-refractivity contribution < 1.29 is 22.7 Å². The van der Waals surface area contributed by atoms with Crippen LogP contribution in [0.2, 0.25) is 0 Å². The van der Waals surface area contributed by atoms with Crippen molar-refractivity contribution in [2.75, 3.05) is 19.0 Å². The highest BCUT2D eigenvalue weighted by molar-refractivity contribution is 5.99. The summed E-state index contributed by atoms with van der Waals surface area (Å²) in [5, 5.41) is 7.25. The smallest absolute Gasteiger partial charge is 0.410 e. The van der Waals surface area contributed by atoms with Gasteiger partial charge >= 0.3 is 6.18 Å². The number of hydrogen-bond acceptors (Lipinski definition) is 4. The molecule has 1 N–H and O–H groups in total. The van der Waals surface area contributed by atoms with E-state index in [1.807, 2.05) is 4.90 Å². The minimum absolute atomic E-state index is 0.0281. The van der Waals surface area contributed by atoms with Crippen molar-refractivity contribution in [1.82, 2.24) is 14.7 Å². The number of aromatic nitrogens is 2. The van der Waals surface area contributed by atoms with Crippen molar-refractivity contribution in [3.05, 3.63) is 41.6 Å². The number of nitrogens with zero attached hydrogens (tertiary/aromatic N) is 3. The maximum absolute atomic E-state index is 14.1. The van der Waals surface area contributed by atoms with E-state index in [-0.39, 0.29) is 40.6 Å². The fourth-order valence-corrected chi connectivity index (χ4v) is 6.65. The normalized spacial score (nSPS) is 30.0. The fraction of sp³-hybridized carbons (Fsp3) is 0.600. The lowest BCUT2D eigenvalue weighted by atomic mass is 9.65. The largest absolute Gasteiger partial charge is 0.497 e. The lowest BCUT2D eigenvalue weighted by molar-refractivity contribution is -0.173. The van der Waals surface area contributed by atoms with Gasteiger partial charge in [0.25, 0.3) is 5.91 Å². The van der Waals surface area contributed by atoms with Gasteiger partial charge < -0.3 is 15.0 Å². The molecule has 2 fully saturated rings. The van der Waals surface area contributed by atoms with E-state index in [1.165, 1.54) is 13.3 Å². The number of benzene rings is 1. The quantitative estimate of drug-likeness (QED) is 0.627. The third kappa shape index (κ3) is 3.92. The molecule has 6 nitrogen and oxygen atoms in total. The van der Waals surface area contributed by atoms with Gasteiger partial charge in [-0.25, -0.2) is 4.68 Å². The zero-order valence-electron chi connectivity index (χ0n) is 19.9. The van der Waals surface area contributed by atoms with Crippen molar-refractivity contribution in [3.8, 4) is 5.75 Å². The first-order valence-corrected chi connectivity index (χ1v) is 11.7. The van der Waals surface area contributed by atoms with E-state index in [1.54, 1.807) is 24.3 Å². The van der Waals surface area contributed by atoms with Gasteiger partial charge in [0.2, 0.25) is 0 Å². The number of likely N-dealkylation sites (tertiary alicyclic amines) is 1. The van der Waals surface area contributed by atoms with E-state index in [0.29, 0.717) is 17.9 Å². The molecular weight excluding hydrogens is 445 g/mol. The average molecular weight is 477 g/mol. The number of ether oxygens (including phenoxy) is 1. The van der Waals surface area contributed by atoms with Crippen LogP contribution in [-0.2, 0) is 0 Å². The summed E-state index contributed by atoms with van der Waals surface area (Å²) in [6.07, 6.45) is -0.578. The first-order chi connectivity index (χ1) is 15.9.